The average Bonchev–Trinajstić information content (AvgIpc) is 2.43. The number of nitrogens with zero attached hydrogens (tertiary/aromatic N) is 1. The molecule has 1 aromatic carbocycles. The molecule has 0 aromatic heterocycles. The second kappa shape index (κ2) is 8.43. The van der Waals surface area contributed by atoms with Crippen LogP contribution >= 0.6 is 0 Å². The summed E-state index contributed by atoms with van der Waals surface area (Å²) in [7, 11) is 0. The lowest BCUT2D eigenvalue weighted by Gasteiger charge is -2.10. The lowest BCUT2D eigenvalue weighted by molar-refractivity contribution is -0.385. The van der Waals surface area contributed by atoms with Crippen LogP contribution in [0.15, 0.2) is 24.3 Å². The van der Waals surface area contributed by atoms with Gasteiger partial charge in [-0.3, -0.25) is 14.9 Å². The lowest BCUT2D eigenvalue weighted by atomic mass is 10.0. The van der Waals surface area contributed by atoms with Crippen molar-refractivity contribution in [1.82, 2.24) is 0 Å². The maximum atomic E-state index is 11.7. The summed E-state index contributed by atoms with van der Waals surface area (Å²) in [4.78, 5) is 21.9. The van der Waals surface area contributed by atoms with E-state index >= 15 is 0 Å². The molecule has 0 unspecified atom stereocenters. The first-order chi connectivity index (χ1) is 9.54. The van der Waals surface area contributed by atoms with Crippen molar-refractivity contribution in [3.8, 4) is 0 Å². The zero-order chi connectivity index (χ0) is 15.0. The monoisotopic (exact) mass is 279 g/mol. The Kier molecular flexibility index (Phi) is 6.87. The third kappa shape index (κ3) is 5.48. The number of nitro benzene ring substituents is 1. The van der Waals surface area contributed by atoms with Gasteiger partial charge in [0.15, 0.2) is 0 Å². The fraction of sp³-hybridized carbons (Fsp3) is 0.533. The number of aliphatic hydroxyl groups excluding tert-OH is 1. The first kappa shape index (κ1) is 16.3. The molecular weight excluding hydrogens is 258 g/mol. The average molecular weight is 279 g/mol. The van der Waals surface area contributed by atoms with Crippen LogP contribution < -0.4 is 0 Å². The van der Waals surface area contributed by atoms with Crippen molar-refractivity contribution in [2.75, 3.05) is 0 Å². The summed E-state index contributed by atoms with van der Waals surface area (Å²) in [6, 6.07) is 5.79. The molecule has 5 heteroatoms. The molecule has 0 fully saturated rings. The van der Waals surface area contributed by atoms with E-state index in [1.807, 2.05) is 0 Å². The second-order valence-electron chi connectivity index (χ2n) is 4.92. The summed E-state index contributed by atoms with van der Waals surface area (Å²) >= 11 is 0. The quantitative estimate of drug-likeness (QED) is 0.426. The molecule has 1 N–H and O–H groups in total. The number of unbranched alkanes of at least 4 members (excludes halogenated alkanes) is 3. The molecule has 110 valence electrons. The van der Waals surface area contributed by atoms with Crippen LogP contribution in [0.1, 0.15) is 57.1 Å². The predicted octanol–water partition coefficient (Wildman–Crippen LogP) is 3.56. The number of carbonyl (C=O) groups is 1. The Morgan fingerprint density at radius 3 is 2.75 bits per heavy atom. The molecule has 0 saturated heterocycles. The second-order valence-corrected chi connectivity index (χ2v) is 4.92. The number of Topliss-reactive ketones (excluding diaryl/α,β-unsaturated/α-hetero) is 1. The third-order valence-electron chi connectivity index (χ3n) is 3.20. The molecule has 0 aliphatic carbocycles. The van der Waals surface area contributed by atoms with Crippen LogP contribution in [0.25, 0.3) is 0 Å². The SMILES string of the molecule is CCCCCCC(=O)C[C@@H](O)c1cccc([N+](=O)[O-])c1. The highest BCUT2D eigenvalue weighted by molar-refractivity contribution is 5.79. The van der Waals surface area contributed by atoms with Crippen molar-refractivity contribution in [3.63, 3.8) is 0 Å². The van der Waals surface area contributed by atoms with Crippen LogP contribution in [-0.2, 0) is 4.79 Å². The molecule has 0 radical (unpaired) electrons. The van der Waals surface area contributed by atoms with Crippen LogP contribution in [0.4, 0.5) is 5.69 Å². The van der Waals surface area contributed by atoms with Crippen LogP contribution in [0.2, 0.25) is 0 Å². The van der Waals surface area contributed by atoms with E-state index in [1.54, 1.807) is 6.07 Å². The van der Waals surface area contributed by atoms with Crippen molar-refractivity contribution in [3.05, 3.63) is 39.9 Å². The van der Waals surface area contributed by atoms with Gasteiger partial charge in [-0.15, -0.1) is 0 Å². The molecule has 0 aliphatic rings. The van der Waals surface area contributed by atoms with Crippen molar-refractivity contribution < 1.29 is 14.8 Å². The number of rotatable bonds is 9. The summed E-state index contributed by atoms with van der Waals surface area (Å²) < 4.78 is 0. The fourth-order valence-electron chi connectivity index (χ4n) is 2.03. The number of ketones is 1. The van der Waals surface area contributed by atoms with E-state index in [4.69, 9.17) is 0 Å². The van der Waals surface area contributed by atoms with Crippen LogP contribution in [0.3, 0.4) is 0 Å². The zero-order valence-electron chi connectivity index (χ0n) is 11.7. The van der Waals surface area contributed by atoms with E-state index in [0.29, 0.717) is 12.0 Å². The predicted molar refractivity (Wildman–Crippen MR) is 76.4 cm³/mol. The maximum absolute atomic E-state index is 11.7. The Bertz CT molecular complexity index is 459. The molecule has 1 rings (SSSR count). The highest BCUT2D eigenvalue weighted by atomic mass is 16.6. The molecule has 0 bridgehead atoms. The van der Waals surface area contributed by atoms with Gasteiger partial charge in [0.1, 0.15) is 5.78 Å². The maximum Gasteiger partial charge on any atom is 0.269 e. The molecule has 20 heavy (non-hydrogen) atoms. The number of benzene rings is 1. The number of aliphatic hydroxyl groups is 1. The Morgan fingerprint density at radius 1 is 1.35 bits per heavy atom. The highest BCUT2D eigenvalue weighted by Gasteiger charge is 2.15. The number of non-ortho nitro benzene ring substituents is 1. The molecule has 0 amide bonds. The summed E-state index contributed by atoms with van der Waals surface area (Å²) in [5.74, 6) is 0.000101. The standard InChI is InChI=1S/C15H21NO4/c1-2-3-4-5-9-14(17)11-15(18)12-7-6-8-13(10-12)16(19)20/h6-8,10,15,18H,2-5,9,11H2,1H3/t15-/m1/s1. The van der Waals surface area contributed by atoms with E-state index in [1.165, 1.54) is 18.2 Å². The summed E-state index contributed by atoms with van der Waals surface area (Å²) in [6.45, 7) is 2.11. The zero-order valence-corrected chi connectivity index (χ0v) is 11.7. The van der Waals surface area contributed by atoms with Crippen molar-refractivity contribution >= 4 is 11.5 Å². The first-order valence-electron chi connectivity index (χ1n) is 6.98. The summed E-state index contributed by atoms with van der Waals surface area (Å²) in [5, 5.41) is 20.6. The van der Waals surface area contributed by atoms with Crippen LogP contribution in [0, 0.1) is 10.1 Å². The topological polar surface area (TPSA) is 80.4 Å². The molecule has 5 nitrogen and oxygen atoms in total. The van der Waals surface area contributed by atoms with Gasteiger partial charge in [0.2, 0.25) is 0 Å². The minimum atomic E-state index is -0.964. The summed E-state index contributed by atoms with van der Waals surface area (Å²) in [5.41, 5.74) is 0.345. The smallest absolute Gasteiger partial charge is 0.269 e. The molecule has 1 aromatic rings. The lowest BCUT2D eigenvalue weighted by Crippen LogP contribution is -2.07. The highest BCUT2D eigenvalue weighted by Crippen LogP contribution is 2.22. The van der Waals surface area contributed by atoms with Gasteiger partial charge in [-0.1, -0.05) is 38.3 Å². The molecule has 0 spiro atoms. The molecular formula is C15H21NO4. The van der Waals surface area contributed by atoms with E-state index in [2.05, 4.69) is 6.92 Å². The fourth-order valence-corrected chi connectivity index (χ4v) is 2.03. The molecule has 1 atom stereocenters. The van der Waals surface area contributed by atoms with Gasteiger partial charge in [-0.25, -0.2) is 0 Å². The van der Waals surface area contributed by atoms with Gasteiger partial charge in [0.25, 0.3) is 5.69 Å². The van der Waals surface area contributed by atoms with E-state index in [-0.39, 0.29) is 17.9 Å². The molecule has 0 heterocycles. The summed E-state index contributed by atoms with van der Waals surface area (Å²) in [6.07, 6.45) is 3.61. The van der Waals surface area contributed by atoms with E-state index in [0.717, 1.165) is 25.7 Å². The molecule has 0 aliphatic heterocycles. The number of carbonyl (C=O) groups excluding carboxylic acids is 1. The molecule has 0 saturated carbocycles. The largest absolute Gasteiger partial charge is 0.388 e. The van der Waals surface area contributed by atoms with Crippen molar-refractivity contribution in [2.45, 2.75) is 51.6 Å². The van der Waals surface area contributed by atoms with Gasteiger partial charge >= 0.3 is 0 Å². The van der Waals surface area contributed by atoms with Crippen LogP contribution in [-0.4, -0.2) is 15.8 Å². The minimum absolute atomic E-state index is 0.000101. The Morgan fingerprint density at radius 2 is 2.10 bits per heavy atom. The van der Waals surface area contributed by atoms with E-state index in [9.17, 15) is 20.0 Å². The first-order valence-corrected chi connectivity index (χ1v) is 6.98. The normalized spacial score (nSPS) is 12.1. The van der Waals surface area contributed by atoms with Gasteiger partial charge in [-0.2, -0.15) is 0 Å². The van der Waals surface area contributed by atoms with E-state index < -0.39 is 11.0 Å². The number of nitro groups is 1. The van der Waals surface area contributed by atoms with Crippen molar-refractivity contribution in [2.24, 2.45) is 0 Å². The number of hydrogen-bond acceptors (Lipinski definition) is 4. The number of hydrogen-bond donors (Lipinski definition) is 1. The van der Waals surface area contributed by atoms with Crippen LogP contribution in [0.5, 0.6) is 0 Å². The Balaban J connectivity index is 2.49. The van der Waals surface area contributed by atoms with Gasteiger partial charge in [0.05, 0.1) is 11.0 Å². The Labute approximate surface area is 118 Å². The van der Waals surface area contributed by atoms with Gasteiger partial charge in [-0.05, 0) is 12.0 Å². The Hall–Kier alpha value is -1.75. The van der Waals surface area contributed by atoms with Gasteiger partial charge < -0.3 is 5.11 Å². The van der Waals surface area contributed by atoms with Gasteiger partial charge in [0, 0.05) is 25.0 Å². The van der Waals surface area contributed by atoms with Crippen molar-refractivity contribution in [1.29, 1.82) is 0 Å². The third-order valence-corrected chi connectivity index (χ3v) is 3.20. The minimum Gasteiger partial charge on any atom is -0.388 e.